The van der Waals surface area contributed by atoms with Gasteiger partial charge >= 0.3 is 5.97 Å². The van der Waals surface area contributed by atoms with Crippen molar-refractivity contribution in [2.45, 2.75) is 20.8 Å². The molecule has 0 heterocycles. The van der Waals surface area contributed by atoms with Gasteiger partial charge < -0.3 is 9.47 Å². The predicted octanol–water partition coefficient (Wildman–Crippen LogP) is 1.63. The summed E-state index contributed by atoms with van der Waals surface area (Å²) in [5.74, 6) is -0.273. The van der Waals surface area contributed by atoms with E-state index in [9.17, 15) is 4.79 Å². The molecule has 78 valence electrons. The van der Waals surface area contributed by atoms with E-state index < -0.39 is 5.97 Å². The van der Waals surface area contributed by atoms with Gasteiger partial charge in [-0.2, -0.15) is 5.26 Å². The number of rotatable bonds is 4. The Morgan fingerprint density at radius 2 is 2.07 bits per heavy atom. The zero-order valence-electron chi connectivity index (χ0n) is 8.96. The molecular formula is C10H15NO3. The van der Waals surface area contributed by atoms with Crippen molar-refractivity contribution in [1.82, 2.24) is 0 Å². The number of carbonyl (C=O) groups is 1. The van der Waals surface area contributed by atoms with Gasteiger partial charge in [-0.1, -0.05) is 13.8 Å². The molecule has 0 aliphatic heterocycles. The lowest BCUT2D eigenvalue weighted by atomic mass is 10.1. The van der Waals surface area contributed by atoms with E-state index in [-0.39, 0.29) is 18.1 Å². The molecule has 0 fully saturated rings. The molecule has 0 N–H and O–H groups in total. The summed E-state index contributed by atoms with van der Waals surface area (Å²) < 4.78 is 9.72. The van der Waals surface area contributed by atoms with E-state index in [2.05, 4.69) is 0 Å². The van der Waals surface area contributed by atoms with Gasteiger partial charge in [-0.3, -0.25) is 0 Å². The van der Waals surface area contributed by atoms with E-state index in [1.165, 1.54) is 7.11 Å². The molecule has 0 unspecified atom stereocenters. The van der Waals surface area contributed by atoms with Crippen LogP contribution < -0.4 is 0 Å². The molecule has 4 nitrogen and oxygen atoms in total. The number of nitriles is 1. The molecule has 0 rings (SSSR count). The minimum absolute atomic E-state index is 0.0148. The number of ether oxygens (including phenoxy) is 2. The fraction of sp³-hybridized carbons (Fsp3) is 0.600. The summed E-state index contributed by atoms with van der Waals surface area (Å²) in [6.45, 7) is 5.62. The zero-order chi connectivity index (χ0) is 11.1. The average Bonchev–Trinajstić information content (AvgIpc) is 2.13. The Balaban J connectivity index is 5.01. The first-order valence-corrected chi connectivity index (χ1v) is 4.43. The van der Waals surface area contributed by atoms with E-state index in [1.54, 1.807) is 13.0 Å². The second-order valence-corrected chi connectivity index (χ2v) is 2.93. The van der Waals surface area contributed by atoms with Crippen molar-refractivity contribution in [3.63, 3.8) is 0 Å². The Hall–Kier alpha value is -1.50. The highest BCUT2D eigenvalue weighted by Gasteiger charge is 2.19. The summed E-state index contributed by atoms with van der Waals surface area (Å²) in [4.78, 5) is 11.3. The molecule has 0 saturated carbocycles. The standard InChI is InChI=1S/C10H15NO3/c1-5-14-10(12)8(6-11)9(13-4)7(2)3/h7H,5H2,1-4H3/b9-8-. The van der Waals surface area contributed by atoms with Gasteiger partial charge in [0.1, 0.15) is 11.8 Å². The number of esters is 1. The molecule has 0 aliphatic carbocycles. The normalized spacial score (nSPS) is 11.7. The lowest BCUT2D eigenvalue weighted by Crippen LogP contribution is -2.12. The molecule has 0 saturated heterocycles. The second-order valence-electron chi connectivity index (χ2n) is 2.93. The van der Waals surface area contributed by atoms with Crippen molar-refractivity contribution < 1.29 is 14.3 Å². The third-order valence-electron chi connectivity index (χ3n) is 1.58. The first-order chi connectivity index (χ1) is 6.58. The predicted molar refractivity (Wildman–Crippen MR) is 51.1 cm³/mol. The Bertz CT molecular complexity index is 274. The quantitative estimate of drug-likeness (QED) is 0.297. The lowest BCUT2D eigenvalue weighted by Gasteiger charge is -2.11. The van der Waals surface area contributed by atoms with Crippen LogP contribution in [0.3, 0.4) is 0 Å². The summed E-state index contributed by atoms with van der Waals surface area (Å²) in [6, 6.07) is 1.80. The second kappa shape index (κ2) is 6.03. The molecule has 0 spiro atoms. The summed E-state index contributed by atoms with van der Waals surface area (Å²) >= 11 is 0. The molecule has 0 amide bonds. The van der Waals surface area contributed by atoms with Crippen LogP contribution in [0.5, 0.6) is 0 Å². The molecule has 14 heavy (non-hydrogen) atoms. The lowest BCUT2D eigenvalue weighted by molar-refractivity contribution is -0.138. The Morgan fingerprint density at radius 3 is 2.36 bits per heavy atom. The van der Waals surface area contributed by atoms with Crippen molar-refractivity contribution >= 4 is 5.97 Å². The molecular weight excluding hydrogens is 182 g/mol. The van der Waals surface area contributed by atoms with Gasteiger partial charge in [0.15, 0.2) is 5.57 Å². The molecule has 0 radical (unpaired) electrons. The smallest absolute Gasteiger partial charge is 0.352 e. The van der Waals surface area contributed by atoms with Crippen LogP contribution in [-0.4, -0.2) is 19.7 Å². The van der Waals surface area contributed by atoms with Gasteiger partial charge in [-0.05, 0) is 6.92 Å². The highest BCUT2D eigenvalue weighted by molar-refractivity contribution is 5.93. The third kappa shape index (κ3) is 3.09. The highest BCUT2D eigenvalue weighted by Crippen LogP contribution is 2.16. The fourth-order valence-corrected chi connectivity index (χ4v) is 1.03. The zero-order valence-corrected chi connectivity index (χ0v) is 8.96. The fourth-order valence-electron chi connectivity index (χ4n) is 1.03. The molecule has 4 heteroatoms. The van der Waals surface area contributed by atoms with E-state index in [0.29, 0.717) is 5.76 Å². The Kier molecular flexibility index (Phi) is 5.38. The first-order valence-electron chi connectivity index (χ1n) is 4.43. The number of hydrogen-bond donors (Lipinski definition) is 0. The summed E-state index contributed by atoms with van der Waals surface area (Å²) in [6.07, 6.45) is 0. The third-order valence-corrected chi connectivity index (χ3v) is 1.58. The van der Waals surface area contributed by atoms with Crippen LogP contribution in [0.25, 0.3) is 0 Å². The van der Waals surface area contributed by atoms with Gasteiger partial charge in [0.25, 0.3) is 0 Å². The van der Waals surface area contributed by atoms with Crippen molar-refractivity contribution in [1.29, 1.82) is 5.26 Å². The molecule has 0 aromatic rings. The van der Waals surface area contributed by atoms with Gasteiger partial charge in [0, 0.05) is 5.92 Å². The number of allylic oxidation sites excluding steroid dienone is 1. The van der Waals surface area contributed by atoms with Gasteiger partial charge in [-0.25, -0.2) is 4.79 Å². The van der Waals surface area contributed by atoms with Crippen molar-refractivity contribution in [3.05, 3.63) is 11.3 Å². The van der Waals surface area contributed by atoms with Crippen LogP contribution in [0.15, 0.2) is 11.3 Å². The molecule has 0 atom stereocenters. The largest absolute Gasteiger partial charge is 0.499 e. The maximum atomic E-state index is 11.3. The number of hydrogen-bond acceptors (Lipinski definition) is 4. The number of nitrogens with zero attached hydrogens (tertiary/aromatic N) is 1. The van der Waals surface area contributed by atoms with Crippen molar-refractivity contribution in [2.24, 2.45) is 5.92 Å². The molecule has 0 aromatic heterocycles. The van der Waals surface area contributed by atoms with E-state index in [1.807, 2.05) is 13.8 Å². The van der Waals surface area contributed by atoms with E-state index in [4.69, 9.17) is 14.7 Å². The van der Waals surface area contributed by atoms with Crippen LogP contribution in [0.2, 0.25) is 0 Å². The van der Waals surface area contributed by atoms with Crippen LogP contribution >= 0.6 is 0 Å². The van der Waals surface area contributed by atoms with Crippen LogP contribution in [0.4, 0.5) is 0 Å². The Morgan fingerprint density at radius 1 is 1.50 bits per heavy atom. The summed E-state index contributed by atoms with van der Waals surface area (Å²) in [5.41, 5.74) is -0.0515. The van der Waals surface area contributed by atoms with Crippen LogP contribution in [0.1, 0.15) is 20.8 Å². The van der Waals surface area contributed by atoms with Crippen LogP contribution in [-0.2, 0) is 14.3 Å². The van der Waals surface area contributed by atoms with Crippen molar-refractivity contribution in [2.75, 3.05) is 13.7 Å². The molecule has 0 aliphatic rings. The number of carbonyl (C=O) groups excluding carboxylic acids is 1. The monoisotopic (exact) mass is 197 g/mol. The van der Waals surface area contributed by atoms with Crippen LogP contribution in [0, 0.1) is 17.2 Å². The first kappa shape index (κ1) is 12.5. The highest BCUT2D eigenvalue weighted by atomic mass is 16.5. The van der Waals surface area contributed by atoms with Gasteiger partial charge in [0.2, 0.25) is 0 Å². The van der Waals surface area contributed by atoms with Crippen molar-refractivity contribution in [3.8, 4) is 6.07 Å². The SMILES string of the molecule is CCOC(=O)/C(C#N)=C(\OC)C(C)C. The van der Waals surface area contributed by atoms with E-state index in [0.717, 1.165) is 0 Å². The molecule has 0 aromatic carbocycles. The minimum atomic E-state index is -0.624. The summed E-state index contributed by atoms with van der Waals surface area (Å²) in [7, 11) is 1.44. The van der Waals surface area contributed by atoms with Gasteiger partial charge in [-0.15, -0.1) is 0 Å². The van der Waals surface area contributed by atoms with E-state index >= 15 is 0 Å². The average molecular weight is 197 g/mol. The topological polar surface area (TPSA) is 59.3 Å². The maximum absolute atomic E-state index is 11.3. The summed E-state index contributed by atoms with van der Waals surface area (Å²) in [5, 5.41) is 8.78. The minimum Gasteiger partial charge on any atom is -0.499 e. The van der Waals surface area contributed by atoms with Gasteiger partial charge in [0.05, 0.1) is 13.7 Å². The molecule has 0 bridgehead atoms. The maximum Gasteiger partial charge on any atom is 0.352 e. The Labute approximate surface area is 84.1 Å². The number of methoxy groups -OCH3 is 1.